The molecule has 0 unspecified atom stereocenters. The van der Waals surface area contributed by atoms with Crippen molar-refractivity contribution < 1.29 is 19.1 Å². The highest BCUT2D eigenvalue weighted by atomic mass is 16.5. The number of para-hydroxylation sites is 3. The number of benzene rings is 2. The third kappa shape index (κ3) is 5.48. The summed E-state index contributed by atoms with van der Waals surface area (Å²) in [6.07, 6.45) is 2.01. The van der Waals surface area contributed by atoms with Crippen LogP contribution in [0.15, 0.2) is 48.5 Å². The Bertz CT molecular complexity index is 918. The van der Waals surface area contributed by atoms with Crippen LogP contribution in [0.3, 0.4) is 0 Å². The maximum absolute atomic E-state index is 12.7. The number of hydrogen-bond acceptors (Lipinski definition) is 5. The molecule has 0 aromatic heterocycles. The molecule has 150 valence electrons. The standard InChI is InChI=1S/C22H23N3O4/c1-28-19-8-4-5-9-20(19)29-15-22(27)25(17-10-11-17)13-12-21(26)24-18-7-3-2-6-16(18)14-23/h2-9,17H,10-13,15H2,1H3,(H,24,26). The second kappa shape index (κ2) is 9.60. The van der Waals surface area contributed by atoms with E-state index in [-0.39, 0.29) is 30.9 Å². The molecule has 2 amide bonds. The number of methoxy groups -OCH3 is 1. The second-order valence-electron chi connectivity index (χ2n) is 6.71. The van der Waals surface area contributed by atoms with E-state index in [1.165, 1.54) is 0 Å². The SMILES string of the molecule is COc1ccccc1OCC(=O)N(CCC(=O)Nc1ccccc1C#N)C1CC1. The molecule has 1 saturated carbocycles. The van der Waals surface area contributed by atoms with Gasteiger partial charge in [0.05, 0.1) is 18.4 Å². The molecule has 0 radical (unpaired) electrons. The first kappa shape index (κ1) is 20.2. The van der Waals surface area contributed by atoms with Crippen molar-refractivity contribution in [2.45, 2.75) is 25.3 Å². The number of nitrogens with one attached hydrogen (secondary N) is 1. The molecule has 0 aliphatic heterocycles. The summed E-state index contributed by atoms with van der Waals surface area (Å²) in [6.45, 7) is 0.190. The van der Waals surface area contributed by atoms with Gasteiger partial charge in [-0.15, -0.1) is 0 Å². The summed E-state index contributed by atoms with van der Waals surface area (Å²) in [5.74, 6) is 0.666. The minimum atomic E-state index is -0.239. The maximum Gasteiger partial charge on any atom is 0.260 e. The van der Waals surface area contributed by atoms with Crippen LogP contribution in [0.25, 0.3) is 0 Å². The molecule has 2 aromatic rings. The van der Waals surface area contributed by atoms with Gasteiger partial charge in [-0.3, -0.25) is 9.59 Å². The van der Waals surface area contributed by atoms with Crippen molar-refractivity contribution in [1.82, 2.24) is 4.90 Å². The van der Waals surface area contributed by atoms with E-state index < -0.39 is 0 Å². The predicted octanol–water partition coefficient (Wildman–Crippen LogP) is 2.97. The average Bonchev–Trinajstić information content (AvgIpc) is 3.58. The number of nitrogens with zero attached hydrogens (tertiary/aromatic N) is 2. The van der Waals surface area contributed by atoms with Gasteiger partial charge in [0.25, 0.3) is 5.91 Å². The van der Waals surface area contributed by atoms with Crippen LogP contribution in [0.1, 0.15) is 24.8 Å². The van der Waals surface area contributed by atoms with Crippen LogP contribution in [-0.2, 0) is 9.59 Å². The Kier molecular flexibility index (Phi) is 6.69. The summed E-state index contributed by atoms with van der Waals surface area (Å²) < 4.78 is 10.9. The molecule has 0 saturated heterocycles. The number of hydrogen-bond donors (Lipinski definition) is 1. The molecule has 0 spiro atoms. The smallest absolute Gasteiger partial charge is 0.260 e. The summed E-state index contributed by atoms with van der Waals surface area (Å²) in [5.41, 5.74) is 0.880. The number of rotatable bonds is 9. The van der Waals surface area contributed by atoms with Crippen LogP contribution in [0.5, 0.6) is 11.5 Å². The topological polar surface area (TPSA) is 91.7 Å². The zero-order valence-electron chi connectivity index (χ0n) is 16.3. The molecule has 7 nitrogen and oxygen atoms in total. The molecular weight excluding hydrogens is 370 g/mol. The molecule has 0 atom stereocenters. The number of carbonyl (C=O) groups is 2. The van der Waals surface area contributed by atoms with E-state index in [1.807, 2.05) is 18.2 Å². The third-order valence-electron chi connectivity index (χ3n) is 4.63. The molecule has 1 aliphatic rings. The molecule has 0 heterocycles. The van der Waals surface area contributed by atoms with E-state index in [9.17, 15) is 9.59 Å². The van der Waals surface area contributed by atoms with Gasteiger partial charge in [-0.05, 0) is 37.1 Å². The summed E-state index contributed by atoms with van der Waals surface area (Å²) in [6, 6.07) is 16.2. The van der Waals surface area contributed by atoms with Gasteiger partial charge in [0.1, 0.15) is 6.07 Å². The Morgan fingerprint density at radius 2 is 1.83 bits per heavy atom. The number of ether oxygens (including phenoxy) is 2. The Labute approximate surface area is 169 Å². The van der Waals surface area contributed by atoms with E-state index in [0.29, 0.717) is 29.3 Å². The highest BCUT2D eigenvalue weighted by Crippen LogP contribution is 2.29. The van der Waals surface area contributed by atoms with Gasteiger partial charge < -0.3 is 19.7 Å². The molecular formula is C22H23N3O4. The summed E-state index contributed by atoms with van der Waals surface area (Å²) in [5, 5.41) is 11.9. The average molecular weight is 393 g/mol. The van der Waals surface area contributed by atoms with E-state index in [1.54, 1.807) is 48.4 Å². The molecule has 1 aliphatic carbocycles. The van der Waals surface area contributed by atoms with Crippen molar-refractivity contribution in [1.29, 1.82) is 5.26 Å². The normalized spacial score (nSPS) is 12.6. The van der Waals surface area contributed by atoms with Crippen molar-refractivity contribution in [2.75, 3.05) is 25.6 Å². The summed E-state index contributed by atoms with van der Waals surface area (Å²) in [7, 11) is 1.55. The Morgan fingerprint density at radius 1 is 1.14 bits per heavy atom. The Morgan fingerprint density at radius 3 is 2.52 bits per heavy atom. The lowest BCUT2D eigenvalue weighted by Gasteiger charge is -2.22. The fourth-order valence-corrected chi connectivity index (χ4v) is 2.98. The highest BCUT2D eigenvalue weighted by molar-refractivity contribution is 5.92. The zero-order valence-corrected chi connectivity index (χ0v) is 16.3. The predicted molar refractivity (Wildman–Crippen MR) is 108 cm³/mol. The van der Waals surface area contributed by atoms with Gasteiger partial charge in [-0.25, -0.2) is 0 Å². The first-order chi connectivity index (χ1) is 14.1. The molecule has 1 N–H and O–H groups in total. The summed E-state index contributed by atoms with van der Waals surface area (Å²) in [4.78, 5) is 26.7. The third-order valence-corrected chi connectivity index (χ3v) is 4.63. The summed E-state index contributed by atoms with van der Waals surface area (Å²) >= 11 is 0. The molecule has 7 heteroatoms. The van der Waals surface area contributed by atoms with Crippen molar-refractivity contribution in [3.63, 3.8) is 0 Å². The fourth-order valence-electron chi connectivity index (χ4n) is 2.98. The van der Waals surface area contributed by atoms with E-state index in [2.05, 4.69) is 5.32 Å². The van der Waals surface area contributed by atoms with Gasteiger partial charge in [-0.2, -0.15) is 5.26 Å². The molecule has 0 bridgehead atoms. The number of carbonyl (C=O) groups excluding carboxylic acids is 2. The lowest BCUT2D eigenvalue weighted by atomic mass is 10.2. The van der Waals surface area contributed by atoms with Crippen molar-refractivity contribution in [2.24, 2.45) is 0 Å². The quantitative estimate of drug-likeness (QED) is 0.707. The monoisotopic (exact) mass is 393 g/mol. The van der Waals surface area contributed by atoms with Crippen molar-refractivity contribution in [3.05, 3.63) is 54.1 Å². The second-order valence-corrected chi connectivity index (χ2v) is 6.71. The van der Waals surface area contributed by atoms with Gasteiger partial charge in [0, 0.05) is 19.0 Å². The number of amides is 2. The van der Waals surface area contributed by atoms with Gasteiger partial charge in [0.15, 0.2) is 18.1 Å². The minimum absolute atomic E-state index is 0.115. The van der Waals surface area contributed by atoms with Crippen LogP contribution in [0, 0.1) is 11.3 Å². The van der Waals surface area contributed by atoms with E-state index in [0.717, 1.165) is 12.8 Å². The zero-order chi connectivity index (χ0) is 20.6. The van der Waals surface area contributed by atoms with Crippen molar-refractivity contribution >= 4 is 17.5 Å². The first-order valence-electron chi connectivity index (χ1n) is 9.46. The van der Waals surface area contributed by atoms with Crippen LogP contribution in [-0.4, -0.2) is 43.0 Å². The molecule has 3 rings (SSSR count). The molecule has 29 heavy (non-hydrogen) atoms. The van der Waals surface area contributed by atoms with E-state index in [4.69, 9.17) is 14.7 Å². The van der Waals surface area contributed by atoms with Crippen LogP contribution >= 0.6 is 0 Å². The number of nitriles is 1. The maximum atomic E-state index is 12.7. The largest absolute Gasteiger partial charge is 0.493 e. The van der Waals surface area contributed by atoms with E-state index >= 15 is 0 Å². The van der Waals surface area contributed by atoms with Gasteiger partial charge in [0.2, 0.25) is 5.91 Å². The lowest BCUT2D eigenvalue weighted by Crippen LogP contribution is -2.38. The van der Waals surface area contributed by atoms with Crippen LogP contribution < -0.4 is 14.8 Å². The molecule has 1 fully saturated rings. The number of anilines is 1. The van der Waals surface area contributed by atoms with Gasteiger partial charge >= 0.3 is 0 Å². The molecule has 2 aromatic carbocycles. The first-order valence-corrected chi connectivity index (χ1v) is 9.46. The lowest BCUT2D eigenvalue weighted by molar-refractivity contribution is -0.134. The van der Waals surface area contributed by atoms with Gasteiger partial charge in [-0.1, -0.05) is 24.3 Å². The van der Waals surface area contributed by atoms with Crippen LogP contribution in [0.4, 0.5) is 5.69 Å². The highest BCUT2D eigenvalue weighted by Gasteiger charge is 2.32. The van der Waals surface area contributed by atoms with Crippen LogP contribution in [0.2, 0.25) is 0 Å². The van der Waals surface area contributed by atoms with Crippen molar-refractivity contribution in [3.8, 4) is 17.6 Å². The Hall–Kier alpha value is -3.53. The Balaban J connectivity index is 1.54. The fraction of sp³-hybridized carbons (Fsp3) is 0.318. The minimum Gasteiger partial charge on any atom is -0.493 e.